The fraction of sp³-hybridized carbons (Fsp3) is 0.200. The van der Waals surface area contributed by atoms with E-state index in [0.29, 0.717) is 16.8 Å². The molecule has 0 saturated carbocycles. The van der Waals surface area contributed by atoms with E-state index in [4.69, 9.17) is 0 Å². The molecule has 1 N–H and O–H groups in total. The van der Waals surface area contributed by atoms with Crippen molar-refractivity contribution in [3.63, 3.8) is 0 Å². The number of carbonyl (C=O) groups is 2. The summed E-state index contributed by atoms with van der Waals surface area (Å²) in [5.74, 6) is -0.704. The molecule has 1 aliphatic carbocycles. The van der Waals surface area contributed by atoms with Gasteiger partial charge in [0.25, 0.3) is 5.91 Å². The van der Waals surface area contributed by atoms with Crippen LogP contribution in [-0.2, 0) is 23.2 Å². The third-order valence-corrected chi connectivity index (χ3v) is 6.14. The second-order valence-electron chi connectivity index (χ2n) is 7.79. The standard InChI is InChI=1S/C25H21NO3/c1-2-14-26-21-9-4-3-8-20(21)25(29,24(26)28)15-22(27)18-13-12-17-11-10-16-6-5-7-19(18)23(16)17/h2-9,12-13,29H,1,10-11,14-15H2. The predicted molar refractivity (Wildman–Crippen MR) is 113 cm³/mol. The topological polar surface area (TPSA) is 57.6 Å². The van der Waals surface area contributed by atoms with E-state index >= 15 is 0 Å². The van der Waals surface area contributed by atoms with Crippen molar-refractivity contribution in [3.8, 4) is 0 Å². The maximum absolute atomic E-state index is 13.3. The number of amides is 1. The van der Waals surface area contributed by atoms with Gasteiger partial charge >= 0.3 is 0 Å². The molecule has 0 bridgehead atoms. The maximum Gasteiger partial charge on any atom is 0.264 e. The molecule has 1 aliphatic heterocycles. The number of para-hydroxylation sites is 1. The summed E-state index contributed by atoms with van der Waals surface area (Å²) in [5.41, 5.74) is 2.32. The van der Waals surface area contributed by atoms with E-state index in [2.05, 4.69) is 12.6 Å². The molecular weight excluding hydrogens is 362 g/mol. The number of nitrogens with zero attached hydrogens (tertiary/aromatic N) is 1. The molecule has 29 heavy (non-hydrogen) atoms. The summed E-state index contributed by atoms with van der Waals surface area (Å²) >= 11 is 0. The van der Waals surface area contributed by atoms with E-state index in [1.165, 1.54) is 16.0 Å². The van der Waals surface area contributed by atoms with Crippen LogP contribution in [0.4, 0.5) is 5.69 Å². The average Bonchev–Trinajstić information content (AvgIpc) is 3.24. The monoisotopic (exact) mass is 383 g/mol. The van der Waals surface area contributed by atoms with Crippen molar-refractivity contribution in [2.45, 2.75) is 24.9 Å². The highest BCUT2D eigenvalue weighted by atomic mass is 16.3. The number of hydrogen-bond acceptors (Lipinski definition) is 3. The zero-order chi connectivity index (χ0) is 20.2. The van der Waals surface area contributed by atoms with Crippen molar-refractivity contribution in [2.75, 3.05) is 11.4 Å². The highest BCUT2D eigenvalue weighted by Gasteiger charge is 2.50. The van der Waals surface area contributed by atoms with Gasteiger partial charge in [0.1, 0.15) is 0 Å². The molecule has 0 aromatic heterocycles. The van der Waals surface area contributed by atoms with Gasteiger partial charge in [-0.15, -0.1) is 6.58 Å². The first kappa shape index (κ1) is 17.8. The zero-order valence-electron chi connectivity index (χ0n) is 16.0. The minimum absolute atomic E-state index is 0.230. The first-order valence-corrected chi connectivity index (χ1v) is 9.86. The smallest absolute Gasteiger partial charge is 0.264 e. The number of hydrogen-bond donors (Lipinski definition) is 1. The summed E-state index contributed by atoms with van der Waals surface area (Å²) in [7, 11) is 0. The van der Waals surface area contributed by atoms with Crippen LogP contribution in [-0.4, -0.2) is 23.3 Å². The van der Waals surface area contributed by atoms with Gasteiger partial charge in [0, 0.05) is 17.7 Å². The van der Waals surface area contributed by atoms with Crippen LogP contribution in [0, 0.1) is 0 Å². The second-order valence-corrected chi connectivity index (χ2v) is 7.79. The number of benzene rings is 3. The SMILES string of the molecule is C=CCN1C(=O)C(O)(CC(=O)c2ccc3c4c(cccc24)CC3)c2ccccc21. The molecule has 0 spiro atoms. The zero-order valence-corrected chi connectivity index (χ0v) is 16.0. The molecule has 1 heterocycles. The van der Waals surface area contributed by atoms with Crippen molar-refractivity contribution >= 4 is 28.2 Å². The largest absolute Gasteiger partial charge is 0.375 e. The van der Waals surface area contributed by atoms with Gasteiger partial charge in [0.05, 0.1) is 12.1 Å². The molecule has 5 rings (SSSR count). The number of rotatable bonds is 5. The number of carbonyl (C=O) groups excluding carboxylic acids is 2. The molecule has 4 nitrogen and oxygen atoms in total. The molecule has 3 aromatic carbocycles. The highest BCUT2D eigenvalue weighted by molar-refractivity contribution is 6.14. The third-order valence-electron chi connectivity index (χ3n) is 6.14. The van der Waals surface area contributed by atoms with Crippen LogP contribution in [0.3, 0.4) is 0 Å². The summed E-state index contributed by atoms with van der Waals surface area (Å²) in [6.07, 6.45) is 3.30. The summed E-state index contributed by atoms with van der Waals surface area (Å²) < 4.78 is 0. The van der Waals surface area contributed by atoms with Gasteiger partial charge in [0.15, 0.2) is 11.4 Å². The molecular formula is C25H21NO3. The van der Waals surface area contributed by atoms with E-state index in [1.54, 1.807) is 24.3 Å². The van der Waals surface area contributed by atoms with Crippen molar-refractivity contribution in [3.05, 3.63) is 89.5 Å². The van der Waals surface area contributed by atoms with E-state index in [9.17, 15) is 14.7 Å². The molecule has 4 heteroatoms. The van der Waals surface area contributed by atoms with Crippen LogP contribution in [0.15, 0.2) is 67.3 Å². The minimum Gasteiger partial charge on any atom is -0.375 e. The van der Waals surface area contributed by atoms with Crippen LogP contribution < -0.4 is 4.90 Å². The lowest BCUT2D eigenvalue weighted by molar-refractivity contribution is -0.135. The van der Waals surface area contributed by atoms with Crippen molar-refractivity contribution < 1.29 is 14.7 Å². The fourth-order valence-corrected chi connectivity index (χ4v) is 4.81. The number of fused-ring (bicyclic) bond motifs is 1. The summed E-state index contributed by atoms with van der Waals surface area (Å²) in [6, 6.07) is 17.0. The quantitative estimate of drug-likeness (QED) is 0.536. The van der Waals surface area contributed by atoms with Gasteiger partial charge in [-0.2, -0.15) is 0 Å². The first-order chi connectivity index (χ1) is 14.0. The Hall–Kier alpha value is -3.24. The predicted octanol–water partition coefficient (Wildman–Crippen LogP) is 3.93. The Morgan fingerprint density at radius 1 is 1.07 bits per heavy atom. The summed E-state index contributed by atoms with van der Waals surface area (Å²) in [6.45, 7) is 3.99. The molecule has 0 fully saturated rings. The number of anilines is 1. The number of aryl methyl sites for hydroxylation is 2. The van der Waals surface area contributed by atoms with E-state index in [0.717, 1.165) is 23.6 Å². The third kappa shape index (κ3) is 2.49. The molecule has 3 aromatic rings. The van der Waals surface area contributed by atoms with Gasteiger partial charge in [0.2, 0.25) is 0 Å². The molecule has 0 saturated heterocycles. The van der Waals surface area contributed by atoms with Crippen molar-refractivity contribution in [2.24, 2.45) is 0 Å². The van der Waals surface area contributed by atoms with E-state index in [1.807, 2.05) is 30.3 Å². The number of Topliss-reactive ketones (excluding diaryl/α,β-unsaturated/α-hetero) is 1. The first-order valence-electron chi connectivity index (χ1n) is 9.86. The highest BCUT2D eigenvalue weighted by Crippen LogP contribution is 2.43. The van der Waals surface area contributed by atoms with Gasteiger partial charge in [-0.3, -0.25) is 9.59 Å². The van der Waals surface area contributed by atoms with Crippen LogP contribution in [0.5, 0.6) is 0 Å². The Morgan fingerprint density at radius 3 is 2.62 bits per heavy atom. The number of ketones is 1. The average molecular weight is 383 g/mol. The van der Waals surface area contributed by atoms with E-state index in [-0.39, 0.29) is 18.7 Å². The summed E-state index contributed by atoms with van der Waals surface area (Å²) in [5, 5.41) is 13.4. The van der Waals surface area contributed by atoms with Gasteiger partial charge in [-0.05, 0) is 40.8 Å². The van der Waals surface area contributed by atoms with Gasteiger partial charge in [-0.25, -0.2) is 0 Å². The van der Waals surface area contributed by atoms with Crippen molar-refractivity contribution in [1.29, 1.82) is 0 Å². The lowest BCUT2D eigenvalue weighted by Crippen LogP contribution is -2.41. The lowest BCUT2D eigenvalue weighted by Gasteiger charge is -2.22. The molecule has 0 radical (unpaired) electrons. The Morgan fingerprint density at radius 2 is 1.83 bits per heavy atom. The second kappa shape index (κ2) is 6.39. The summed E-state index contributed by atoms with van der Waals surface area (Å²) in [4.78, 5) is 27.9. The van der Waals surface area contributed by atoms with Crippen LogP contribution in [0.1, 0.15) is 33.5 Å². The van der Waals surface area contributed by atoms with Crippen LogP contribution in [0.25, 0.3) is 10.8 Å². The maximum atomic E-state index is 13.3. The Balaban J connectivity index is 1.57. The molecule has 144 valence electrons. The van der Waals surface area contributed by atoms with Crippen LogP contribution in [0.2, 0.25) is 0 Å². The Kier molecular flexibility index (Phi) is 3.93. The number of aliphatic hydroxyl groups is 1. The minimum atomic E-state index is -1.86. The van der Waals surface area contributed by atoms with Gasteiger partial charge < -0.3 is 10.0 Å². The Labute approximate surface area is 169 Å². The van der Waals surface area contributed by atoms with Gasteiger partial charge in [-0.1, -0.05) is 54.6 Å². The van der Waals surface area contributed by atoms with Crippen LogP contribution >= 0.6 is 0 Å². The molecule has 1 atom stereocenters. The molecule has 1 amide bonds. The fourth-order valence-electron chi connectivity index (χ4n) is 4.81. The molecule has 1 unspecified atom stereocenters. The normalized spacial score (nSPS) is 19.6. The van der Waals surface area contributed by atoms with E-state index < -0.39 is 11.5 Å². The molecule has 2 aliphatic rings. The lowest BCUT2D eigenvalue weighted by atomic mass is 9.86. The van der Waals surface area contributed by atoms with Crippen molar-refractivity contribution in [1.82, 2.24) is 0 Å². The Bertz CT molecular complexity index is 1190.